The van der Waals surface area contributed by atoms with E-state index in [1.54, 1.807) is 11.8 Å². The topological polar surface area (TPSA) is 91.3 Å². The zero-order valence-electron chi connectivity index (χ0n) is 14.9. The number of aliphatic imine (C=N–C) groups is 1. The van der Waals surface area contributed by atoms with E-state index in [1.165, 1.54) is 24.3 Å². The lowest BCUT2D eigenvalue weighted by molar-refractivity contribution is -0.153. The zero-order valence-corrected chi connectivity index (χ0v) is 14.9. The van der Waals surface area contributed by atoms with E-state index in [0.717, 1.165) is 6.41 Å². The number of halogens is 1. The molecule has 0 radical (unpaired) electrons. The van der Waals surface area contributed by atoms with E-state index in [-0.39, 0.29) is 6.61 Å². The summed E-state index contributed by atoms with van der Waals surface area (Å²) < 4.78 is 18.3. The van der Waals surface area contributed by atoms with Crippen LogP contribution >= 0.6 is 0 Å². The van der Waals surface area contributed by atoms with Crippen LogP contribution < -0.4 is 5.32 Å². The molecule has 3 rings (SSSR count). The highest BCUT2D eigenvalue weighted by atomic mass is 19.1. The first kappa shape index (κ1) is 18.8. The number of nitrogens with one attached hydrogen (secondary N) is 1. The number of guanidine groups is 1. The molecule has 1 aromatic rings. The molecule has 144 valence electrons. The van der Waals surface area contributed by atoms with Crippen molar-refractivity contribution in [2.75, 3.05) is 32.8 Å². The summed E-state index contributed by atoms with van der Waals surface area (Å²) >= 11 is 0. The molecule has 2 heterocycles. The van der Waals surface area contributed by atoms with Gasteiger partial charge in [-0.2, -0.15) is 0 Å². The number of hydrogen-bond donors (Lipinski definition) is 1. The Hall–Kier alpha value is -2.97. The number of rotatable bonds is 4. The van der Waals surface area contributed by atoms with Gasteiger partial charge < -0.3 is 14.5 Å². The second-order valence-corrected chi connectivity index (χ2v) is 6.30. The molecule has 0 saturated carbocycles. The Morgan fingerprint density at radius 1 is 1.30 bits per heavy atom. The van der Waals surface area contributed by atoms with Gasteiger partial charge in [-0.25, -0.2) is 9.38 Å². The molecule has 0 aliphatic carbocycles. The van der Waals surface area contributed by atoms with E-state index in [0.29, 0.717) is 37.7 Å². The molecule has 8 nitrogen and oxygen atoms in total. The fourth-order valence-corrected chi connectivity index (χ4v) is 3.16. The third kappa shape index (κ3) is 4.07. The third-order valence-corrected chi connectivity index (χ3v) is 4.61. The van der Waals surface area contributed by atoms with Gasteiger partial charge in [-0.1, -0.05) is 12.1 Å². The van der Waals surface area contributed by atoms with Gasteiger partial charge in [-0.15, -0.1) is 0 Å². The molecule has 2 atom stereocenters. The molecule has 0 spiro atoms. The van der Waals surface area contributed by atoms with Crippen molar-refractivity contribution < 1.29 is 23.5 Å². The van der Waals surface area contributed by atoms with E-state index in [9.17, 15) is 18.8 Å². The monoisotopic (exact) mass is 376 g/mol. The first-order chi connectivity index (χ1) is 13.0. The average Bonchev–Trinajstić information content (AvgIpc) is 2.68. The van der Waals surface area contributed by atoms with Crippen LogP contribution in [-0.4, -0.2) is 66.8 Å². The van der Waals surface area contributed by atoms with Crippen molar-refractivity contribution in [2.24, 2.45) is 10.9 Å². The molecule has 1 N–H and O–H groups in total. The third-order valence-electron chi connectivity index (χ3n) is 4.61. The molecular weight excluding hydrogens is 355 g/mol. The van der Waals surface area contributed by atoms with E-state index in [4.69, 9.17) is 4.74 Å². The van der Waals surface area contributed by atoms with Crippen LogP contribution in [0.15, 0.2) is 29.3 Å². The van der Waals surface area contributed by atoms with Gasteiger partial charge in [0.25, 0.3) is 0 Å². The van der Waals surface area contributed by atoms with E-state index in [1.807, 2.05) is 4.90 Å². The van der Waals surface area contributed by atoms with Crippen LogP contribution in [0.3, 0.4) is 0 Å². The van der Waals surface area contributed by atoms with Crippen molar-refractivity contribution in [3.8, 4) is 0 Å². The lowest BCUT2D eigenvalue weighted by Gasteiger charge is -2.37. The van der Waals surface area contributed by atoms with Crippen LogP contribution in [-0.2, 0) is 19.1 Å². The summed E-state index contributed by atoms with van der Waals surface area (Å²) in [4.78, 5) is 43.9. The van der Waals surface area contributed by atoms with Crippen LogP contribution in [0.5, 0.6) is 0 Å². The predicted molar refractivity (Wildman–Crippen MR) is 94.1 cm³/mol. The Labute approximate surface area is 156 Å². The van der Waals surface area contributed by atoms with Crippen molar-refractivity contribution in [2.45, 2.75) is 13.0 Å². The molecule has 2 amide bonds. The summed E-state index contributed by atoms with van der Waals surface area (Å²) in [6, 6.07) is 4.74. The van der Waals surface area contributed by atoms with E-state index in [2.05, 4.69) is 10.3 Å². The number of carbonyl (C=O) groups excluding carboxylic acids is 3. The summed E-state index contributed by atoms with van der Waals surface area (Å²) in [6.07, 6.45) is 0.788. The molecule has 1 saturated heterocycles. The SMILES string of the molecule is CCOC(=O)[C@@H]1C(=O)NC(N2CCN(C=O)CC2)=N[C@@H]1c1ccc(F)cc1. The highest BCUT2D eigenvalue weighted by Gasteiger charge is 2.42. The Balaban J connectivity index is 1.91. The van der Waals surface area contributed by atoms with Crippen molar-refractivity contribution in [3.05, 3.63) is 35.6 Å². The van der Waals surface area contributed by atoms with Crippen LogP contribution in [0.4, 0.5) is 4.39 Å². The first-order valence-corrected chi connectivity index (χ1v) is 8.78. The van der Waals surface area contributed by atoms with E-state index >= 15 is 0 Å². The number of benzene rings is 1. The van der Waals surface area contributed by atoms with Crippen molar-refractivity contribution in [1.82, 2.24) is 15.1 Å². The van der Waals surface area contributed by atoms with Gasteiger partial charge in [0.1, 0.15) is 11.9 Å². The van der Waals surface area contributed by atoms with Gasteiger partial charge in [0.15, 0.2) is 5.92 Å². The quantitative estimate of drug-likeness (QED) is 0.464. The summed E-state index contributed by atoms with van der Waals surface area (Å²) in [5.41, 5.74) is 0.549. The highest BCUT2D eigenvalue weighted by Crippen LogP contribution is 2.31. The predicted octanol–water partition coefficient (Wildman–Crippen LogP) is 0.306. The first-order valence-electron chi connectivity index (χ1n) is 8.78. The number of ether oxygens (including phenoxy) is 1. The number of nitrogens with zero attached hydrogens (tertiary/aromatic N) is 3. The molecule has 0 unspecified atom stereocenters. The number of carbonyl (C=O) groups is 3. The number of piperazine rings is 1. The average molecular weight is 376 g/mol. The van der Waals surface area contributed by atoms with Gasteiger partial charge in [0, 0.05) is 26.2 Å². The minimum absolute atomic E-state index is 0.142. The molecule has 1 aromatic carbocycles. The molecular formula is C18H21FN4O4. The Bertz CT molecular complexity index is 744. The van der Waals surface area contributed by atoms with Crippen LogP contribution in [0.2, 0.25) is 0 Å². The van der Waals surface area contributed by atoms with Crippen LogP contribution in [0.1, 0.15) is 18.5 Å². The van der Waals surface area contributed by atoms with Gasteiger partial charge in [-0.05, 0) is 24.6 Å². The largest absolute Gasteiger partial charge is 0.465 e. The van der Waals surface area contributed by atoms with Gasteiger partial charge in [-0.3, -0.25) is 19.7 Å². The minimum Gasteiger partial charge on any atom is -0.465 e. The van der Waals surface area contributed by atoms with Crippen LogP contribution in [0, 0.1) is 11.7 Å². The smallest absolute Gasteiger partial charge is 0.321 e. The Morgan fingerprint density at radius 3 is 2.56 bits per heavy atom. The molecule has 0 bridgehead atoms. The van der Waals surface area contributed by atoms with Crippen molar-refractivity contribution >= 4 is 24.2 Å². The minimum atomic E-state index is -1.14. The van der Waals surface area contributed by atoms with Crippen molar-refractivity contribution in [3.63, 3.8) is 0 Å². The summed E-state index contributed by atoms with van der Waals surface area (Å²) in [5.74, 6) is -2.39. The maximum absolute atomic E-state index is 13.3. The van der Waals surface area contributed by atoms with Crippen LogP contribution in [0.25, 0.3) is 0 Å². The molecule has 9 heteroatoms. The molecule has 27 heavy (non-hydrogen) atoms. The summed E-state index contributed by atoms with van der Waals surface area (Å²) in [7, 11) is 0. The standard InChI is InChI=1S/C18H21FN4O4/c1-2-27-17(26)14-15(12-3-5-13(19)6-4-12)20-18(21-16(14)25)23-9-7-22(11-24)8-10-23/h3-6,11,14-15H,2,7-10H2,1H3,(H,20,21,25)/t14-,15+/m0/s1. The van der Waals surface area contributed by atoms with E-state index < -0.39 is 29.7 Å². The maximum Gasteiger partial charge on any atom is 0.321 e. The fraction of sp³-hybridized carbons (Fsp3) is 0.444. The van der Waals surface area contributed by atoms with Gasteiger partial charge in [0.05, 0.1) is 6.61 Å². The number of hydrogen-bond acceptors (Lipinski definition) is 6. The molecule has 2 aliphatic rings. The fourth-order valence-electron chi connectivity index (χ4n) is 3.16. The zero-order chi connectivity index (χ0) is 19.4. The lowest BCUT2D eigenvalue weighted by atomic mass is 9.91. The Kier molecular flexibility index (Phi) is 5.68. The lowest BCUT2D eigenvalue weighted by Crippen LogP contribution is -2.57. The number of esters is 1. The highest BCUT2D eigenvalue weighted by molar-refractivity contribution is 6.08. The van der Waals surface area contributed by atoms with Gasteiger partial charge in [0.2, 0.25) is 18.3 Å². The van der Waals surface area contributed by atoms with Crippen molar-refractivity contribution in [1.29, 1.82) is 0 Å². The Morgan fingerprint density at radius 2 is 1.96 bits per heavy atom. The molecule has 1 fully saturated rings. The van der Waals surface area contributed by atoms with Gasteiger partial charge >= 0.3 is 5.97 Å². The summed E-state index contributed by atoms with van der Waals surface area (Å²) in [5, 5.41) is 2.67. The maximum atomic E-state index is 13.3. The summed E-state index contributed by atoms with van der Waals surface area (Å²) in [6.45, 7) is 3.85. The normalized spacial score (nSPS) is 22.7. The second kappa shape index (κ2) is 8.15. The number of amides is 2. The molecule has 0 aromatic heterocycles. The molecule has 2 aliphatic heterocycles. The second-order valence-electron chi connectivity index (χ2n) is 6.30.